The van der Waals surface area contributed by atoms with Crippen molar-refractivity contribution in [3.05, 3.63) is 35.0 Å². The summed E-state index contributed by atoms with van der Waals surface area (Å²) < 4.78 is 8.39. The fourth-order valence-corrected chi connectivity index (χ4v) is 3.34. The lowest BCUT2D eigenvalue weighted by molar-refractivity contribution is -0.121. The fourth-order valence-electron chi connectivity index (χ4n) is 2.55. The zero-order valence-electron chi connectivity index (χ0n) is 14.6. The van der Waals surface area contributed by atoms with Gasteiger partial charge in [-0.1, -0.05) is 11.8 Å². The molecule has 0 saturated carbocycles. The maximum Gasteiger partial charge on any atom is 0.269 e. The summed E-state index contributed by atoms with van der Waals surface area (Å²) in [6, 6.07) is 1.52. The van der Waals surface area contributed by atoms with Crippen LogP contribution in [0.5, 0.6) is 0 Å². The molecule has 0 aromatic carbocycles. The summed E-state index contributed by atoms with van der Waals surface area (Å²) in [5, 5.41) is 7.81. The van der Waals surface area contributed by atoms with Gasteiger partial charge >= 0.3 is 0 Å². The number of amides is 1. The first-order valence-electron chi connectivity index (χ1n) is 8.40. The van der Waals surface area contributed by atoms with Crippen molar-refractivity contribution in [3.8, 4) is 0 Å². The minimum absolute atomic E-state index is 0.0880. The van der Waals surface area contributed by atoms with Crippen LogP contribution in [0, 0.1) is 0 Å². The molecular weight excluding hydrogens is 356 g/mol. The van der Waals surface area contributed by atoms with Crippen LogP contribution in [0.2, 0.25) is 0 Å². The molecule has 2 aromatic heterocycles. The number of thioether (sulfide) groups is 1. The molecule has 1 aliphatic rings. The molecule has 1 amide bonds. The third kappa shape index (κ3) is 4.85. The summed E-state index contributed by atoms with van der Waals surface area (Å²) >= 11 is 1.56. The van der Waals surface area contributed by atoms with E-state index in [1.807, 2.05) is 17.8 Å². The number of carbonyl (C=O) groups excluding carboxylic acids is 1. The van der Waals surface area contributed by atoms with Gasteiger partial charge in [-0.15, -0.1) is 0 Å². The second-order valence-electron chi connectivity index (χ2n) is 5.83. The van der Waals surface area contributed by atoms with Crippen LogP contribution in [0.1, 0.15) is 0 Å². The lowest BCUT2D eigenvalue weighted by Crippen LogP contribution is -2.38. The number of morpholine rings is 1. The first-order valence-corrected chi connectivity index (χ1v) is 9.39. The highest BCUT2D eigenvalue weighted by atomic mass is 32.2. The largest absolute Gasteiger partial charge is 0.378 e. The van der Waals surface area contributed by atoms with Gasteiger partial charge in [-0.2, -0.15) is 5.10 Å². The minimum Gasteiger partial charge on any atom is -0.378 e. The zero-order chi connectivity index (χ0) is 18.4. The molecule has 3 rings (SSSR count). The highest BCUT2D eigenvalue weighted by Crippen LogP contribution is 2.13. The molecular formula is C16H22N6O3S. The summed E-state index contributed by atoms with van der Waals surface area (Å²) in [5.74, 6) is 0.466. The van der Waals surface area contributed by atoms with Crippen molar-refractivity contribution < 1.29 is 9.53 Å². The summed E-state index contributed by atoms with van der Waals surface area (Å²) in [7, 11) is 1.92. The zero-order valence-corrected chi connectivity index (χ0v) is 15.4. The molecule has 1 N–H and O–H groups in total. The number of hydrogen-bond donors (Lipinski definition) is 1. The van der Waals surface area contributed by atoms with E-state index in [0.717, 1.165) is 23.9 Å². The second kappa shape index (κ2) is 8.86. The van der Waals surface area contributed by atoms with Crippen LogP contribution in [-0.2, 0) is 23.1 Å². The Bertz CT molecular complexity index is 799. The maximum atomic E-state index is 12.2. The van der Waals surface area contributed by atoms with Crippen molar-refractivity contribution in [2.45, 2.75) is 11.7 Å². The Balaban J connectivity index is 1.46. The Kier molecular flexibility index (Phi) is 6.29. The summed E-state index contributed by atoms with van der Waals surface area (Å²) in [5.41, 5.74) is 0.480. The van der Waals surface area contributed by atoms with Crippen LogP contribution in [0.25, 0.3) is 0 Å². The topological polar surface area (TPSA) is 94.3 Å². The molecule has 9 nitrogen and oxygen atoms in total. The van der Waals surface area contributed by atoms with E-state index in [1.165, 1.54) is 10.7 Å². The number of aryl methyl sites for hydroxylation is 1. The van der Waals surface area contributed by atoms with E-state index in [1.54, 1.807) is 24.2 Å². The third-order valence-corrected chi connectivity index (χ3v) is 5.02. The van der Waals surface area contributed by atoms with E-state index in [0.29, 0.717) is 25.5 Å². The molecule has 0 aliphatic carbocycles. The van der Waals surface area contributed by atoms with E-state index in [2.05, 4.69) is 20.3 Å². The summed E-state index contributed by atoms with van der Waals surface area (Å²) in [4.78, 5) is 30.5. The van der Waals surface area contributed by atoms with Gasteiger partial charge in [0.1, 0.15) is 6.54 Å². The number of ether oxygens (including phenoxy) is 1. The van der Waals surface area contributed by atoms with Crippen molar-refractivity contribution in [3.63, 3.8) is 0 Å². The van der Waals surface area contributed by atoms with Crippen molar-refractivity contribution in [1.82, 2.24) is 24.6 Å². The number of carbonyl (C=O) groups is 1. The van der Waals surface area contributed by atoms with Gasteiger partial charge in [0.25, 0.3) is 5.56 Å². The number of anilines is 1. The molecule has 140 valence electrons. The predicted octanol–water partition coefficient (Wildman–Crippen LogP) is -0.278. The molecule has 0 unspecified atom stereocenters. The van der Waals surface area contributed by atoms with Crippen LogP contribution in [0.4, 0.5) is 5.69 Å². The van der Waals surface area contributed by atoms with Gasteiger partial charge in [0.05, 0.1) is 25.1 Å². The normalized spacial score (nSPS) is 14.4. The van der Waals surface area contributed by atoms with Gasteiger partial charge in [-0.25, -0.2) is 9.67 Å². The number of imidazole rings is 1. The lowest BCUT2D eigenvalue weighted by atomic mass is 10.3. The van der Waals surface area contributed by atoms with E-state index in [-0.39, 0.29) is 18.0 Å². The first-order chi connectivity index (χ1) is 12.6. The highest BCUT2D eigenvalue weighted by Gasteiger charge is 2.13. The van der Waals surface area contributed by atoms with Crippen LogP contribution in [-0.4, -0.2) is 63.8 Å². The quantitative estimate of drug-likeness (QED) is 0.523. The van der Waals surface area contributed by atoms with E-state index in [9.17, 15) is 9.59 Å². The van der Waals surface area contributed by atoms with Gasteiger partial charge in [0.15, 0.2) is 5.16 Å². The van der Waals surface area contributed by atoms with Crippen molar-refractivity contribution in [2.24, 2.45) is 7.05 Å². The minimum atomic E-state index is -0.286. The number of aromatic nitrogens is 4. The molecule has 0 radical (unpaired) electrons. The Labute approximate surface area is 155 Å². The van der Waals surface area contributed by atoms with Gasteiger partial charge < -0.3 is 19.5 Å². The van der Waals surface area contributed by atoms with Crippen molar-refractivity contribution >= 4 is 23.4 Å². The molecule has 0 atom stereocenters. The molecule has 10 heteroatoms. The lowest BCUT2D eigenvalue weighted by Gasteiger charge is -2.28. The molecule has 0 spiro atoms. The number of hydrogen-bond acceptors (Lipinski definition) is 7. The second-order valence-corrected chi connectivity index (χ2v) is 6.89. The SMILES string of the molecule is Cn1ccnc1SCCNC(=O)Cn1ncc(N2CCOCC2)cc1=O. The van der Waals surface area contributed by atoms with E-state index < -0.39 is 0 Å². The summed E-state index contributed by atoms with van der Waals surface area (Å²) in [6.45, 7) is 3.16. The molecule has 1 saturated heterocycles. The Morgan fingerprint density at radius 1 is 1.38 bits per heavy atom. The van der Waals surface area contributed by atoms with Gasteiger partial charge in [-0.05, 0) is 0 Å². The highest BCUT2D eigenvalue weighted by molar-refractivity contribution is 7.99. The Morgan fingerprint density at radius 2 is 2.19 bits per heavy atom. The van der Waals surface area contributed by atoms with Crippen LogP contribution in [0.3, 0.4) is 0 Å². The number of rotatable bonds is 7. The average Bonchev–Trinajstić information content (AvgIpc) is 3.06. The Morgan fingerprint density at radius 3 is 2.88 bits per heavy atom. The van der Waals surface area contributed by atoms with Crippen molar-refractivity contribution in [2.75, 3.05) is 43.5 Å². The van der Waals surface area contributed by atoms with Gasteiger partial charge in [-0.3, -0.25) is 9.59 Å². The molecule has 1 aliphatic heterocycles. The fraction of sp³-hybridized carbons (Fsp3) is 0.500. The molecule has 1 fully saturated rings. The van der Waals surface area contributed by atoms with E-state index >= 15 is 0 Å². The Hall–Kier alpha value is -2.33. The molecule has 3 heterocycles. The molecule has 0 bridgehead atoms. The average molecular weight is 378 g/mol. The van der Waals surface area contributed by atoms with E-state index in [4.69, 9.17) is 4.74 Å². The van der Waals surface area contributed by atoms with Crippen molar-refractivity contribution in [1.29, 1.82) is 0 Å². The summed E-state index contributed by atoms with van der Waals surface area (Å²) in [6.07, 6.45) is 5.23. The smallest absolute Gasteiger partial charge is 0.269 e. The van der Waals surface area contributed by atoms with Crippen LogP contribution < -0.4 is 15.8 Å². The maximum absolute atomic E-state index is 12.2. The predicted molar refractivity (Wildman–Crippen MR) is 98.5 cm³/mol. The van der Waals surface area contributed by atoms with Crippen LogP contribution >= 0.6 is 11.8 Å². The first kappa shape index (κ1) is 18.5. The molecule has 2 aromatic rings. The number of nitrogens with one attached hydrogen (secondary N) is 1. The number of nitrogens with zero attached hydrogens (tertiary/aromatic N) is 5. The third-order valence-electron chi connectivity index (χ3n) is 3.96. The van der Waals surface area contributed by atoms with Crippen LogP contribution in [0.15, 0.2) is 34.6 Å². The standard InChI is InChI=1S/C16H22N6O3S/c1-20-4-2-18-16(20)26-9-3-17-14(23)12-22-15(24)10-13(11-19-22)21-5-7-25-8-6-21/h2,4,10-11H,3,5-9,12H2,1H3,(H,17,23). The monoisotopic (exact) mass is 378 g/mol. The van der Waals surface area contributed by atoms with Gasteiger partial charge in [0.2, 0.25) is 5.91 Å². The molecule has 26 heavy (non-hydrogen) atoms. The van der Waals surface area contributed by atoms with Gasteiger partial charge in [0, 0.05) is 50.9 Å².